The van der Waals surface area contributed by atoms with Gasteiger partial charge in [-0.25, -0.2) is 4.98 Å². The summed E-state index contributed by atoms with van der Waals surface area (Å²) in [5.41, 5.74) is 3.63. The summed E-state index contributed by atoms with van der Waals surface area (Å²) >= 11 is 6.09. The van der Waals surface area contributed by atoms with Crippen molar-refractivity contribution in [3.05, 3.63) is 52.3 Å². The molecule has 0 saturated carbocycles. The van der Waals surface area contributed by atoms with Crippen molar-refractivity contribution >= 4 is 34.2 Å². The van der Waals surface area contributed by atoms with Gasteiger partial charge < -0.3 is 5.32 Å². The normalized spacial score (nSPS) is 10.9. The highest BCUT2D eigenvalue weighted by molar-refractivity contribution is 6.31. The summed E-state index contributed by atoms with van der Waals surface area (Å²) in [7, 11) is 1.80. The van der Waals surface area contributed by atoms with Crippen LogP contribution in [0.5, 0.6) is 0 Å². The molecular formula is C16H15ClN4O. The predicted octanol–water partition coefficient (Wildman–Crippen LogP) is 3.49. The Morgan fingerprint density at radius 3 is 2.77 bits per heavy atom. The van der Waals surface area contributed by atoms with E-state index < -0.39 is 0 Å². The second-order valence-corrected chi connectivity index (χ2v) is 5.64. The van der Waals surface area contributed by atoms with Crippen molar-refractivity contribution in [2.24, 2.45) is 7.05 Å². The molecule has 0 aliphatic rings. The third kappa shape index (κ3) is 2.55. The van der Waals surface area contributed by atoms with Crippen LogP contribution in [0, 0.1) is 13.8 Å². The van der Waals surface area contributed by atoms with Crippen molar-refractivity contribution in [3.63, 3.8) is 0 Å². The maximum Gasteiger partial charge on any atom is 0.256 e. The highest BCUT2D eigenvalue weighted by Gasteiger charge is 2.15. The molecule has 1 amide bonds. The Bertz CT molecular complexity index is 885. The van der Waals surface area contributed by atoms with Crippen LogP contribution in [-0.4, -0.2) is 20.7 Å². The Labute approximate surface area is 132 Å². The molecule has 3 aromatic rings. The largest absolute Gasteiger partial charge is 0.322 e. The molecule has 5 nitrogen and oxygen atoms in total. The van der Waals surface area contributed by atoms with Gasteiger partial charge in [0.15, 0.2) is 5.65 Å². The number of carbonyl (C=O) groups excluding carboxylic acids is 1. The van der Waals surface area contributed by atoms with Gasteiger partial charge in [0.05, 0.1) is 17.1 Å². The molecule has 0 atom stereocenters. The van der Waals surface area contributed by atoms with E-state index in [1.54, 1.807) is 30.1 Å². The van der Waals surface area contributed by atoms with Gasteiger partial charge in [-0.1, -0.05) is 17.7 Å². The minimum Gasteiger partial charge on any atom is -0.322 e. The molecule has 0 fully saturated rings. The summed E-state index contributed by atoms with van der Waals surface area (Å²) in [6.45, 7) is 3.77. The smallest absolute Gasteiger partial charge is 0.256 e. The van der Waals surface area contributed by atoms with Crippen molar-refractivity contribution in [1.82, 2.24) is 14.8 Å². The number of aromatic nitrogens is 3. The molecule has 0 unspecified atom stereocenters. The van der Waals surface area contributed by atoms with Gasteiger partial charge in [0.25, 0.3) is 5.91 Å². The van der Waals surface area contributed by atoms with E-state index in [1.807, 2.05) is 26.0 Å². The zero-order valence-corrected chi connectivity index (χ0v) is 13.3. The number of carbonyl (C=O) groups is 1. The summed E-state index contributed by atoms with van der Waals surface area (Å²) < 4.78 is 1.65. The Morgan fingerprint density at radius 2 is 2.05 bits per heavy atom. The molecule has 6 heteroatoms. The third-order valence-electron chi connectivity index (χ3n) is 3.51. The fourth-order valence-electron chi connectivity index (χ4n) is 2.30. The first-order chi connectivity index (χ1) is 10.5. The molecule has 0 saturated heterocycles. The van der Waals surface area contributed by atoms with Gasteiger partial charge in [-0.05, 0) is 37.6 Å². The van der Waals surface area contributed by atoms with Gasteiger partial charge in [-0.15, -0.1) is 0 Å². The molecule has 0 bridgehead atoms. The van der Waals surface area contributed by atoms with Crippen LogP contribution in [0.2, 0.25) is 5.02 Å². The average Bonchev–Trinajstić information content (AvgIpc) is 2.83. The van der Waals surface area contributed by atoms with Gasteiger partial charge >= 0.3 is 0 Å². The molecule has 2 heterocycles. The fraction of sp³-hybridized carbons (Fsp3) is 0.188. The van der Waals surface area contributed by atoms with Crippen LogP contribution >= 0.6 is 11.6 Å². The van der Waals surface area contributed by atoms with Gasteiger partial charge in [0.2, 0.25) is 0 Å². The number of hydrogen-bond donors (Lipinski definition) is 1. The van der Waals surface area contributed by atoms with E-state index >= 15 is 0 Å². The Hall–Kier alpha value is -2.40. The van der Waals surface area contributed by atoms with Gasteiger partial charge in [0, 0.05) is 23.5 Å². The second-order valence-electron chi connectivity index (χ2n) is 5.23. The number of anilines is 1. The van der Waals surface area contributed by atoms with Gasteiger partial charge in [0.1, 0.15) is 0 Å². The summed E-state index contributed by atoms with van der Waals surface area (Å²) in [6, 6.07) is 7.20. The maximum atomic E-state index is 12.6. The highest BCUT2D eigenvalue weighted by Crippen LogP contribution is 2.22. The van der Waals surface area contributed by atoms with Crippen LogP contribution in [0.25, 0.3) is 11.0 Å². The standard InChI is InChI=1S/C16H15ClN4O/c1-9-4-5-11(7-14(9)17)20-16(22)12-6-10(2)19-15-13(12)8-18-21(15)3/h4-8H,1-3H3,(H,20,22). The number of halogens is 1. The number of nitrogens with one attached hydrogen (secondary N) is 1. The number of benzene rings is 1. The Kier molecular flexibility index (Phi) is 3.58. The summed E-state index contributed by atoms with van der Waals surface area (Å²) in [5.74, 6) is -0.205. The zero-order chi connectivity index (χ0) is 15.9. The molecule has 0 aliphatic carbocycles. The van der Waals surface area contributed by atoms with E-state index in [0.29, 0.717) is 21.9 Å². The van der Waals surface area contributed by atoms with E-state index in [0.717, 1.165) is 16.6 Å². The zero-order valence-electron chi connectivity index (χ0n) is 12.5. The topological polar surface area (TPSA) is 59.8 Å². The van der Waals surface area contributed by atoms with Crippen LogP contribution in [0.3, 0.4) is 0 Å². The summed E-state index contributed by atoms with van der Waals surface area (Å²) in [5, 5.41) is 8.38. The van der Waals surface area contributed by atoms with Gasteiger partial charge in [-0.3, -0.25) is 9.48 Å². The SMILES string of the molecule is Cc1cc(C(=O)Nc2ccc(C)c(Cl)c2)c2cnn(C)c2n1. The number of fused-ring (bicyclic) bond motifs is 1. The van der Waals surface area contributed by atoms with Crippen LogP contribution in [0.4, 0.5) is 5.69 Å². The minimum absolute atomic E-state index is 0.205. The maximum absolute atomic E-state index is 12.6. The van der Waals surface area contributed by atoms with Crippen molar-refractivity contribution in [1.29, 1.82) is 0 Å². The van der Waals surface area contributed by atoms with Crippen LogP contribution in [0.1, 0.15) is 21.6 Å². The predicted molar refractivity (Wildman–Crippen MR) is 87.4 cm³/mol. The van der Waals surface area contributed by atoms with E-state index in [2.05, 4.69) is 15.4 Å². The Balaban J connectivity index is 2.00. The highest BCUT2D eigenvalue weighted by atomic mass is 35.5. The van der Waals surface area contributed by atoms with Crippen molar-refractivity contribution in [2.75, 3.05) is 5.32 Å². The molecule has 112 valence electrons. The lowest BCUT2D eigenvalue weighted by Crippen LogP contribution is -2.13. The van der Waals surface area contributed by atoms with Crippen LogP contribution in [0.15, 0.2) is 30.5 Å². The number of hydrogen-bond acceptors (Lipinski definition) is 3. The third-order valence-corrected chi connectivity index (χ3v) is 3.91. The molecule has 22 heavy (non-hydrogen) atoms. The monoisotopic (exact) mass is 314 g/mol. The van der Waals surface area contributed by atoms with Crippen LogP contribution < -0.4 is 5.32 Å². The van der Waals surface area contributed by atoms with Crippen LogP contribution in [-0.2, 0) is 7.05 Å². The first kappa shape index (κ1) is 14.5. The number of aryl methyl sites for hydroxylation is 3. The quantitative estimate of drug-likeness (QED) is 0.787. The number of nitrogens with zero attached hydrogens (tertiary/aromatic N) is 3. The lowest BCUT2D eigenvalue weighted by Gasteiger charge is -2.08. The second kappa shape index (κ2) is 5.42. The first-order valence-electron chi connectivity index (χ1n) is 6.82. The van der Waals surface area contributed by atoms with Crippen molar-refractivity contribution in [3.8, 4) is 0 Å². The minimum atomic E-state index is -0.205. The summed E-state index contributed by atoms with van der Waals surface area (Å²) in [6.07, 6.45) is 1.65. The average molecular weight is 315 g/mol. The molecule has 0 spiro atoms. The fourth-order valence-corrected chi connectivity index (χ4v) is 2.48. The molecule has 1 N–H and O–H groups in total. The Morgan fingerprint density at radius 1 is 1.27 bits per heavy atom. The molecule has 0 radical (unpaired) electrons. The summed E-state index contributed by atoms with van der Waals surface area (Å²) in [4.78, 5) is 17.0. The molecule has 1 aromatic carbocycles. The molecular weight excluding hydrogens is 300 g/mol. The van der Waals surface area contributed by atoms with Gasteiger partial charge in [-0.2, -0.15) is 5.10 Å². The van der Waals surface area contributed by atoms with Crippen molar-refractivity contribution in [2.45, 2.75) is 13.8 Å². The number of pyridine rings is 1. The number of rotatable bonds is 2. The van der Waals surface area contributed by atoms with E-state index in [1.165, 1.54) is 0 Å². The lowest BCUT2D eigenvalue weighted by atomic mass is 10.1. The molecule has 2 aromatic heterocycles. The van der Waals surface area contributed by atoms with E-state index in [-0.39, 0.29) is 5.91 Å². The molecule has 0 aliphatic heterocycles. The number of amides is 1. The van der Waals surface area contributed by atoms with E-state index in [9.17, 15) is 4.79 Å². The first-order valence-corrected chi connectivity index (χ1v) is 7.20. The lowest BCUT2D eigenvalue weighted by molar-refractivity contribution is 0.102. The van der Waals surface area contributed by atoms with E-state index in [4.69, 9.17) is 11.6 Å². The van der Waals surface area contributed by atoms with Crippen molar-refractivity contribution < 1.29 is 4.79 Å². The molecule has 3 rings (SSSR count).